The van der Waals surface area contributed by atoms with Crippen LogP contribution >= 0.6 is 0 Å². The number of hydrogen-bond donors (Lipinski definition) is 0. The van der Waals surface area contributed by atoms with E-state index >= 15 is 0 Å². The molecule has 118 valence electrons. The molecule has 3 rings (SSSR count). The monoisotopic (exact) mass is 314 g/mol. The van der Waals surface area contributed by atoms with Crippen molar-refractivity contribution in [2.75, 3.05) is 0 Å². The van der Waals surface area contributed by atoms with E-state index in [0.717, 1.165) is 22.3 Å². The lowest BCUT2D eigenvalue weighted by molar-refractivity contribution is 0.0981. The molecule has 3 aromatic rings. The van der Waals surface area contributed by atoms with Gasteiger partial charge in [-0.05, 0) is 16.7 Å². The van der Waals surface area contributed by atoms with Gasteiger partial charge in [0.05, 0.1) is 11.3 Å². The van der Waals surface area contributed by atoms with Crippen LogP contribution in [0.4, 0.5) is 0 Å². The molecule has 0 saturated heterocycles. The van der Waals surface area contributed by atoms with Gasteiger partial charge in [0, 0.05) is 25.2 Å². The van der Waals surface area contributed by atoms with Crippen molar-refractivity contribution in [1.29, 1.82) is 5.26 Å². The van der Waals surface area contributed by atoms with Crippen molar-refractivity contribution in [3.05, 3.63) is 72.1 Å². The molecule has 1 heterocycles. The van der Waals surface area contributed by atoms with E-state index in [4.69, 9.17) is 0 Å². The maximum atomic E-state index is 12.3. The predicted octanol–water partition coefficient (Wildman–Crippen LogP) is 4.82. The molecular formula is C21H18N2O. The van der Waals surface area contributed by atoms with Gasteiger partial charge in [0.25, 0.3) is 0 Å². The second-order valence-electron chi connectivity index (χ2n) is 5.71. The highest BCUT2D eigenvalue weighted by Crippen LogP contribution is 2.31. The zero-order chi connectivity index (χ0) is 17.1. The molecule has 3 nitrogen and oxygen atoms in total. The summed E-state index contributed by atoms with van der Waals surface area (Å²) in [4.78, 5) is 12.3. The van der Waals surface area contributed by atoms with Crippen LogP contribution in [0.2, 0.25) is 0 Å². The van der Waals surface area contributed by atoms with E-state index < -0.39 is 0 Å². The van der Waals surface area contributed by atoms with Gasteiger partial charge in [-0.2, -0.15) is 5.26 Å². The Morgan fingerprint density at radius 3 is 2.17 bits per heavy atom. The lowest BCUT2D eigenvalue weighted by Gasteiger charge is -2.08. The van der Waals surface area contributed by atoms with E-state index in [-0.39, 0.29) is 5.78 Å². The Kier molecular flexibility index (Phi) is 4.31. The first-order valence-corrected chi connectivity index (χ1v) is 7.94. The van der Waals surface area contributed by atoms with Crippen LogP contribution in [0.1, 0.15) is 29.4 Å². The Balaban J connectivity index is 2.10. The Morgan fingerprint density at radius 1 is 1.00 bits per heavy atom. The first-order chi connectivity index (χ1) is 11.7. The van der Waals surface area contributed by atoms with Crippen molar-refractivity contribution >= 4 is 5.78 Å². The number of nitrogens with zero attached hydrogens (tertiary/aromatic N) is 2. The number of benzene rings is 2. The quantitative estimate of drug-likeness (QED) is 0.648. The van der Waals surface area contributed by atoms with Crippen LogP contribution in [0, 0.1) is 11.3 Å². The molecule has 2 aromatic carbocycles. The molecule has 0 fully saturated rings. The summed E-state index contributed by atoms with van der Waals surface area (Å²) in [7, 11) is 1.81. The van der Waals surface area contributed by atoms with E-state index in [1.807, 2.05) is 56.4 Å². The molecule has 0 saturated carbocycles. The van der Waals surface area contributed by atoms with Crippen LogP contribution in [0.25, 0.3) is 22.3 Å². The number of carbonyl (C=O) groups is 1. The Labute approximate surface area is 141 Å². The van der Waals surface area contributed by atoms with Crippen LogP contribution < -0.4 is 0 Å². The average Bonchev–Trinajstić information content (AvgIpc) is 2.98. The summed E-state index contributed by atoms with van der Waals surface area (Å²) >= 11 is 0. The number of aryl methyl sites for hydroxylation is 1. The highest BCUT2D eigenvalue weighted by atomic mass is 16.1. The first kappa shape index (κ1) is 15.8. The molecule has 0 aliphatic carbocycles. The largest absolute Gasteiger partial charge is 0.346 e. The van der Waals surface area contributed by atoms with E-state index in [2.05, 4.69) is 18.2 Å². The first-order valence-electron chi connectivity index (χ1n) is 7.94. The fourth-order valence-corrected chi connectivity index (χ4v) is 2.97. The standard InChI is InChI=1S/C21H18N2O/c1-3-19(24)21-20(18(13-22)14-23(21)2)17-11-9-16(10-12-17)15-7-5-4-6-8-15/h4-12,14H,3H2,1-2H3. The van der Waals surface area contributed by atoms with Crippen LogP contribution in [0.15, 0.2) is 60.8 Å². The van der Waals surface area contributed by atoms with Gasteiger partial charge in [-0.1, -0.05) is 61.5 Å². The van der Waals surface area contributed by atoms with E-state index in [9.17, 15) is 10.1 Å². The maximum absolute atomic E-state index is 12.3. The summed E-state index contributed by atoms with van der Waals surface area (Å²) in [6.07, 6.45) is 2.14. The summed E-state index contributed by atoms with van der Waals surface area (Å²) in [5.74, 6) is 0.0427. The molecule has 0 radical (unpaired) electrons. The summed E-state index contributed by atoms with van der Waals surface area (Å²) in [5, 5.41) is 9.43. The molecular weight excluding hydrogens is 296 g/mol. The fraction of sp³-hybridized carbons (Fsp3) is 0.143. The number of hydrogen-bond acceptors (Lipinski definition) is 2. The van der Waals surface area contributed by atoms with Crippen LogP contribution in [0.3, 0.4) is 0 Å². The molecule has 0 atom stereocenters. The third-order valence-corrected chi connectivity index (χ3v) is 4.17. The molecule has 0 aliphatic rings. The van der Waals surface area contributed by atoms with Crippen molar-refractivity contribution in [3.63, 3.8) is 0 Å². The summed E-state index contributed by atoms with van der Waals surface area (Å²) < 4.78 is 1.75. The van der Waals surface area contributed by atoms with E-state index in [1.54, 1.807) is 10.8 Å². The zero-order valence-corrected chi connectivity index (χ0v) is 13.8. The van der Waals surface area contributed by atoms with Gasteiger partial charge in [0.2, 0.25) is 0 Å². The van der Waals surface area contributed by atoms with Gasteiger partial charge in [0.15, 0.2) is 5.78 Å². The predicted molar refractivity (Wildman–Crippen MR) is 95.6 cm³/mol. The van der Waals surface area contributed by atoms with Crippen LogP contribution in [-0.2, 0) is 7.05 Å². The SMILES string of the molecule is CCC(=O)c1c(-c2ccc(-c3ccccc3)cc2)c(C#N)cn1C. The second kappa shape index (κ2) is 6.55. The van der Waals surface area contributed by atoms with Gasteiger partial charge >= 0.3 is 0 Å². The molecule has 0 unspecified atom stereocenters. The molecule has 3 heteroatoms. The van der Waals surface area contributed by atoms with Crippen molar-refractivity contribution in [2.45, 2.75) is 13.3 Å². The summed E-state index contributed by atoms with van der Waals surface area (Å²) in [6.45, 7) is 1.84. The molecule has 0 aliphatic heterocycles. The Morgan fingerprint density at radius 2 is 1.58 bits per heavy atom. The van der Waals surface area contributed by atoms with Crippen molar-refractivity contribution in [2.24, 2.45) is 7.05 Å². The number of carbonyl (C=O) groups excluding carboxylic acids is 1. The third-order valence-electron chi connectivity index (χ3n) is 4.17. The highest BCUT2D eigenvalue weighted by Gasteiger charge is 2.20. The minimum atomic E-state index is 0.0427. The van der Waals surface area contributed by atoms with Crippen molar-refractivity contribution in [3.8, 4) is 28.3 Å². The Hall–Kier alpha value is -3.12. The number of Topliss-reactive ketones (excluding diaryl/α,β-unsaturated/α-hetero) is 1. The number of ketones is 1. The lowest BCUT2D eigenvalue weighted by atomic mass is 9.97. The minimum absolute atomic E-state index is 0.0427. The fourth-order valence-electron chi connectivity index (χ4n) is 2.97. The molecule has 0 N–H and O–H groups in total. The highest BCUT2D eigenvalue weighted by molar-refractivity contribution is 6.02. The summed E-state index contributed by atoms with van der Waals surface area (Å²) in [6, 6.07) is 20.3. The van der Waals surface area contributed by atoms with Gasteiger partial charge in [-0.3, -0.25) is 4.79 Å². The topological polar surface area (TPSA) is 45.8 Å². The Bertz CT molecular complexity index is 913. The smallest absolute Gasteiger partial charge is 0.179 e. The molecule has 0 amide bonds. The zero-order valence-electron chi connectivity index (χ0n) is 13.8. The molecule has 24 heavy (non-hydrogen) atoms. The van der Waals surface area contributed by atoms with Crippen LogP contribution in [0.5, 0.6) is 0 Å². The van der Waals surface area contributed by atoms with Gasteiger partial charge < -0.3 is 4.57 Å². The van der Waals surface area contributed by atoms with E-state index in [1.165, 1.54) is 0 Å². The van der Waals surface area contributed by atoms with Crippen molar-refractivity contribution in [1.82, 2.24) is 4.57 Å². The lowest BCUT2D eigenvalue weighted by Crippen LogP contribution is -2.05. The normalized spacial score (nSPS) is 10.4. The molecule has 0 bridgehead atoms. The van der Waals surface area contributed by atoms with Gasteiger partial charge in [-0.15, -0.1) is 0 Å². The number of aromatic nitrogens is 1. The van der Waals surface area contributed by atoms with Crippen molar-refractivity contribution < 1.29 is 4.79 Å². The number of nitriles is 1. The summed E-state index contributed by atoms with van der Waals surface area (Å²) in [5.41, 5.74) is 5.00. The second-order valence-corrected chi connectivity index (χ2v) is 5.71. The van der Waals surface area contributed by atoms with E-state index in [0.29, 0.717) is 17.7 Å². The average molecular weight is 314 g/mol. The molecule has 1 aromatic heterocycles. The van der Waals surface area contributed by atoms with Crippen LogP contribution in [-0.4, -0.2) is 10.4 Å². The van der Waals surface area contributed by atoms with Gasteiger partial charge in [0.1, 0.15) is 6.07 Å². The number of rotatable bonds is 4. The minimum Gasteiger partial charge on any atom is -0.346 e. The molecule has 0 spiro atoms. The van der Waals surface area contributed by atoms with Gasteiger partial charge in [-0.25, -0.2) is 0 Å². The maximum Gasteiger partial charge on any atom is 0.179 e. The third kappa shape index (κ3) is 2.75.